The molecule has 3 aromatic rings. The van der Waals surface area contributed by atoms with Gasteiger partial charge in [0, 0.05) is 32.0 Å². The quantitative estimate of drug-likeness (QED) is 0.271. The Morgan fingerprint density at radius 1 is 0.953 bits per heavy atom. The standard InChI is InChI=1S/C34H43N3O5S/c1-26-13-7-10-20-31(26)37(43(3,40)41)22-12-21-33(38)36(25-28-16-11-19-30(23-28)42-2)32(24-27-14-5-4-6-15-27)34(39)35-29-17-8-9-18-29/h4-7,10-11,13-16,19-20,23,29,32H,8-9,12,17-18,21-22,24-25H2,1-3H3,(H,35,39)/t32-/m1/s1. The third kappa shape index (κ3) is 9.07. The smallest absolute Gasteiger partial charge is 0.243 e. The molecule has 1 aliphatic rings. The van der Waals surface area contributed by atoms with Crippen LogP contribution in [0.25, 0.3) is 0 Å². The number of methoxy groups -OCH3 is 1. The fraction of sp³-hybridized carbons (Fsp3) is 0.412. The number of amides is 2. The van der Waals surface area contributed by atoms with E-state index >= 15 is 0 Å². The van der Waals surface area contributed by atoms with Crippen molar-refractivity contribution in [1.29, 1.82) is 0 Å². The molecule has 3 aromatic carbocycles. The number of ether oxygens (including phenoxy) is 1. The average molecular weight is 606 g/mol. The number of carbonyl (C=O) groups is 2. The Balaban J connectivity index is 1.60. The summed E-state index contributed by atoms with van der Waals surface area (Å²) in [5, 5.41) is 3.22. The van der Waals surface area contributed by atoms with Gasteiger partial charge < -0.3 is 15.0 Å². The highest BCUT2D eigenvalue weighted by atomic mass is 32.2. The molecule has 9 heteroatoms. The Morgan fingerprint density at radius 3 is 2.30 bits per heavy atom. The summed E-state index contributed by atoms with van der Waals surface area (Å²) in [6, 6.07) is 23.9. The molecular weight excluding hydrogens is 562 g/mol. The Bertz CT molecular complexity index is 1470. The van der Waals surface area contributed by atoms with E-state index in [0.717, 1.165) is 42.4 Å². The second-order valence-corrected chi connectivity index (χ2v) is 13.2. The van der Waals surface area contributed by atoms with Crippen molar-refractivity contribution in [2.45, 2.75) is 70.5 Å². The number of nitrogens with one attached hydrogen (secondary N) is 1. The molecule has 1 saturated carbocycles. The van der Waals surface area contributed by atoms with Gasteiger partial charge in [0.25, 0.3) is 0 Å². The van der Waals surface area contributed by atoms with E-state index in [2.05, 4.69) is 5.32 Å². The van der Waals surface area contributed by atoms with Gasteiger partial charge >= 0.3 is 0 Å². The predicted molar refractivity (Wildman–Crippen MR) is 170 cm³/mol. The third-order valence-electron chi connectivity index (χ3n) is 8.00. The van der Waals surface area contributed by atoms with Gasteiger partial charge in [0.2, 0.25) is 21.8 Å². The second-order valence-electron chi connectivity index (χ2n) is 11.3. The van der Waals surface area contributed by atoms with Crippen LogP contribution in [-0.4, -0.2) is 57.1 Å². The molecule has 1 N–H and O–H groups in total. The van der Waals surface area contributed by atoms with Crippen LogP contribution < -0.4 is 14.4 Å². The first kappa shape index (κ1) is 32.1. The lowest BCUT2D eigenvalue weighted by atomic mass is 10.0. The van der Waals surface area contributed by atoms with Crippen LogP contribution in [0.2, 0.25) is 0 Å². The lowest BCUT2D eigenvalue weighted by Crippen LogP contribution is -2.52. The highest BCUT2D eigenvalue weighted by molar-refractivity contribution is 7.92. The molecule has 0 unspecified atom stereocenters. The van der Waals surface area contributed by atoms with E-state index in [9.17, 15) is 18.0 Å². The van der Waals surface area contributed by atoms with Gasteiger partial charge in [-0.25, -0.2) is 8.42 Å². The van der Waals surface area contributed by atoms with Crippen molar-refractivity contribution < 1.29 is 22.7 Å². The molecule has 2 amide bonds. The molecule has 43 heavy (non-hydrogen) atoms. The first-order valence-electron chi connectivity index (χ1n) is 15.0. The molecule has 1 fully saturated rings. The molecule has 4 rings (SSSR count). The van der Waals surface area contributed by atoms with E-state index in [1.807, 2.05) is 73.7 Å². The van der Waals surface area contributed by atoms with Crippen molar-refractivity contribution in [3.63, 3.8) is 0 Å². The summed E-state index contributed by atoms with van der Waals surface area (Å²) >= 11 is 0. The van der Waals surface area contributed by atoms with Crippen molar-refractivity contribution in [2.24, 2.45) is 0 Å². The van der Waals surface area contributed by atoms with Crippen molar-refractivity contribution in [3.05, 3.63) is 95.6 Å². The van der Waals surface area contributed by atoms with Gasteiger partial charge in [-0.3, -0.25) is 13.9 Å². The zero-order valence-electron chi connectivity index (χ0n) is 25.4. The Labute approximate surface area is 256 Å². The molecule has 0 bridgehead atoms. The molecule has 230 valence electrons. The molecule has 0 heterocycles. The number of sulfonamides is 1. The average Bonchev–Trinajstić information content (AvgIpc) is 3.50. The Hall–Kier alpha value is -3.85. The summed E-state index contributed by atoms with van der Waals surface area (Å²) in [6.45, 7) is 2.24. The van der Waals surface area contributed by atoms with Gasteiger partial charge in [0.1, 0.15) is 11.8 Å². The Kier molecular flexibility index (Phi) is 11.2. The van der Waals surface area contributed by atoms with Crippen LogP contribution in [0.5, 0.6) is 5.75 Å². The minimum atomic E-state index is -3.57. The number of nitrogens with zero attached hydrogens (tertiary/aromatic N) is 2. The van der Waals surface area contributed by atoms with Crippen LogP contribution in [0.3, 0.4) is 0 Å². The van der Waals surface area contributed by atoms with Crippen molar-refractivity contribution in [2.75, 3.05) is 24.2 Å². The molecule has 0 aliphatic heterocycles. The number of hydrogen-bond donors (Lipinski definition) is 1. The Morgan fingerprint density at radius 2 is 1.63 bits per heavy atom. The van der Waals surface area contributed by atoms with Crippen LogP contribution in [0.1, 0.15) is 55.2 Å². The van der Waals surface area contributed by atoms with E-state index in [0.29, 0.717) is 24.3 Å². The van der Waals surface area contributed by atoms with Gasteiger partial charge in [-0.05, 0) is 61.1 Å². The fourth-order valence-electron chi connectivity index (χ4n) is 5.71. The molecule has 1 atom stereocenters. The lowest BCUT2D eigenvalue weighted by molar-refractivity contribution is -0.141. The zero-order valence-corrected chi connectivity index (χ0v) is 26.2. The molecule has 0 spiro atoms. The molecule has 1 aliphatic carbocycles. The van der Waals surface area contributed by atoms with Gasteiger partial charge in [-0.1, -0.05) is 73.5 Å². The van der Waals surface area contributed by atoms with Gasteiger partial charge in [-0.2, -0.15) is 0 Å². The van der Waals surface area contributed by atoms with Gasteiger partial charge in [-0.15, -0.1) is 0 Å². The summed E-state index contributed by atoms with van der Waals surface area (Å²) in [4.78, 5) is 29.6. The van der Waals surface area contributed by atoms with Crippen LogP contribution >= 0.6 is 0 Å². The predicted octanol–water partition coefficient (Wildman–Crippen LogP) is 5.25. The maximum atomic E-state index is 14.1. The summed E-state index contributed by atoms with van der Waals surface area (Å²) < 4.78 is 32.2. The number of anilines is 1. The topological polar surface area (TPSA) is 96.0 Å². The highest BCUT2D eigenvalue weighted by Crippen LogP contribution is 2.24. The van der Waals surface area contributed by atoms with Gasteiger partial charge in [0.05, 0.1) is 19.1 Å². The second kappa shape index (κ2) is 15.0. The van der Waals surface area contributed by atoms with E-state index in [1.54, 1.807) is 24.1 Å². The van der Waals surface area contributed by atoms with Crippen LogP contribution in [0, 0.1) is 6.92 Å². The SMILES string of the molecule is COc1cccc(CN(C(=O)CCCN(c2ccccc2C)S(C)(=O)=O)[C@H](Cc2ccccc2)C(=O)NC2CCCC2)c1. The zero-order chi connectivity index (χ0) is 30.8. The van der Waals surface area contributed by atoms with E-state index < -0.39 is 16.1 Å². The molecule has 0 aromatic heterocycles. The van der Waals surface area contributed by atoms with Crippen LogP contribution in [0.4, 0.5) is 5.69 Å². The largest absolute Gasteiger partial charge is 0.497 e. The number of hydrogen-bond acceptors (Lipinski definition) is 5. The highest BCUT2D eigenvalue weighted by Gasteiger charge is 2.32. The monoisotopic (exact) mass is 605 g/mol. The van der Waals surface area contributed by atoms with Crippen molar-refractivity contribution >= 4 is 27.5 Å². The van der Waals surface area contributed by atoms with Crippen LogP contribution in [0.15, 0.2) is 78.9 Å². The van der Waals surface area contributed by atoms with Crippen LogP contribution in [-0.2, 0) is 32.6 Å². The molecular formula is C34H43N3O5S. The maximum absolute atomic E-state index is 14.1. The number of benzene rings is 3. The number of para-hydroxylation sites is 1. The molecule has 8 nitrogen and oxygen atoms in total. The molecule has 0 saturated heterocycles. The third-order valence-corrected chi connectivity index (χ3v) is 9.18. The van der Waals surface area contributed by atoms with E-state index in [1.165, 1.54) is 10.6 Å². The lowest BCUT2D eigenvalue weighted by Gasteiger charge is -2.33. The minimum Gasteiger partial charge on any atom is -0.497 e. The summed E-state index contributed by atoms with van der Waals surface area (Å²) in [7, 11) is -1.97. The summed E-state index contributed by atoms with van der Waals surface area (Å²) in [5.41, 5.74) is 3.24. The van der Waals surface area contributed by atoms with Gasteiger partial charge in [0.15, 0.2) is 0 Å². The van der Waals surface area contributed by atoms with Crippen molar-refractivity contribution in [1.82, 2.24) is 10.2 Å². The summed E-state index contributed by atoms with van der Waals surface area (Å²) in [5.74, 6) is 0.301. The maximum Gasteiger partial charge on any atom is 0.243 e. The minimum absolute atomic E-state index is 0.0872. The first-order valence-corrected chi connectivity index (χ1v) is 16.8. The number of aryl methyl sites for hydroxylation is 1. The molecule has 0 radical (unpaired) electrons. The normalized spacial score (nSPS) is 14.2. The van der Waals surface area contributed by atoms with E-state index in [-0.39, 0.29) is 37.4 Å². The summed E-state index contributed by atoms with van der Waals surface area (Å²) in [6.07, 6.45) is 5.98. The van der Waals surface area contributed by atoms with Crippen molar-refractivity contribution in [3.8, 4) is 5.75 Å². The number of rotatable bonds is 14. The van der Waals surface area contributed by atoms with E-state index in [4.69, 9.17) is 4.74 Å². The first-order chi connectivity index (χ1) is 20.7. The fourth-order valence-corrected chi connectivity index (χ4v) is 6.74. The number of carbonyl (C=O) groups excluding carboxylic acids is 2.